The smallest absolute Gasteiger partial charge is 0.287 e. The van der Waals surface area contributed by atoms with Crippen molar-refractivity contribution in [3.63, 3.8) is 0 Å². The second-order valence-electron chi connectivity index (χ2n) is 8.41. The maximum absolute atomic E-state index is 13.0. The molecule has 0 saturated heterocycles. The first-order valence-corrected chi connectivity index (χ1v) is 12.0. The van der Waals surface area contributed by atoms with E-state index < -0.39 is 35.1 Å². The zero-order valence-corrected chi connectivity index (χ0v) is 21.2. The van der Waals surface area contributed by atoms with E-state index in [2.05, 4.69) is 21.3 Å². The Hall–Kier alpha value is -4.22. The number of hydrogen-bond acceptors (Lipinski definition) is 7. The number of carbonyl (C=O) groups excluding carboxylic acids is 5. The Balaban J connectivity index is 2.13. The van der Waals surface area contributed by atoms with Crippen LogP contribution in [0.1, 0.15) is 49.9 Å². The van der Waals surface area contributed by atoms with Gasteiger partial charge in [-0.25, -0.2) is 0 Å². The van der Waals surface area contributed by atoms with Crippen molar-refractivity contribution in [3.05, 3.63) is 52.8 Å². The third-order valence-corrected chi connectivity index (χ3v) is 5.88. The van der Waals surface area contributed by atoms with Gasteiger partial charge in [0.1, 0.15) is 24.5 Å². The van der Waals surface area contributed by atoms with Gasteiger partial charge in [-0.05, 0) is 30.5 Å². The van der Waals surface area contributed by atoms with Gasteiger partial charge in [0, 0.05) is 26.2 Å². The van der Waals surface area contributed by atoms with Crippen LogP contribution < -0.4 is 26.8 Å². The average Bonchev–Trinajstić information content (AvgIpc) is 3.44. The number of likely N-dealkylation sites (N-methyl/N-ethyl adjacent to an activating group) is 1. The summed E-state index contributed by atoms with van der Waals surface area (Å²) in [5.41, 5.74) is -0.577. The van der Waals surface area contributed by atoms with Crippen LogP contribution in [0.3, 0.4) is 0 Å². The Morgan fingerprint density at radius 1 is 1.08 bits per heavy atom. The largest absolute Gasteiger partial charge is 0.472 e. The number of nitrogens with one attached hydrogen (secondary N) is 4. The summed E-state index contributed by atoms with van der Waals surface area (Å²) in [6.45, 7) is 4.35. The molecule has 12 heteroatoms. The first kappa shape index (κ1) is 29.0. The van der Waals surface area contributed by atoms with E-state index in [0.29, 0.717) is 12.5 Å². The third kappa shape index (κ3) is 8.74. The van der Waals surface area contributed by atoms with Gasteiger partial charge >= 0.3 is 0 Å². The average molecular weight is 516 g/mol. The number of pyridine rings is 1. The Kier molecular flexibility index (Phi) is 11.3. The predicted octanol–water partition coefficient (Wildman–Crippen LogP) is 0.826. The first-order valence-electron chi connectivity index (χ1n) is 12.0. The molecule has 0 aliphatic heterocycles. The fourth-order valence-corrected chi connectivity index (χ4v) is 3.45. The molecule has 2 heterocycles. The fourth-order valence-electron chi connectivity index (χ4n) is 3.45. The number of amides is 4. The van der Waals surface area contributed by atoms with Crippen LogP contribution in [0.25, 0.3) is 0 Å². The summed E-state index contributed by atoms with van der Waals surface area (Å²) in [5.74, 6) is -2.99. The second kappa shape index (κ2) is 14.4. The normalized spacial score (nSPS) is 11.5. The summed E-state index contributed by atoms with van der Waals surface area (Å²) in [7, 11) is 1.30. The summed E-state index contributed by atoms with van der Waals surface area (Å²) >= 11 is 0. The van der Waals surface area contributed by atoms with Crippen LogP contribution in [0.2, 0.25) is 0 Å². The van der Waals surface area contributed by atoms with E-state index in [4.69, 9.17) is 4.42 Å². The predicted molar refractivity (Wildman–Crippen MR) is 135 cm³/mol. The van der Waals surface area contributed by atoms with Crippen molar-refractivity contribution < 1.29 is 28.4 Å². The molecule has 2 aromatic rings. The van der Waals surface area contributed by atoms with Gasteiger partial charge in [-0.15, -0.1) is 0 Å². The molecule has 0 aliphatic carbocycles. The maximum Gasteiger partial charge on any atom is 0.287 e. The van der Waals surface area contributed by atoms with Crippen molar-refractivity contribution >= 4 is 35.1 Å². The highest BCUT2D eigenvalue weighted by Crippen LogP contribution is 2.08. The lowest BCUT2D eigenvalue weighted by atomic mass is 10.0. The summed E-state index contributed by atoms with van der Waals surface area (Å²) in [6, 6.07) is 3.01. The standard InChI is InChI=1S/C25H33N5O7/c1-4-16(5-2)13-27-21(32)14-30-11-6-7-19(25(30)36)29-23(34)18(8-9-20(31)24(35)26-3)28-22(33)17-10-12-37-15-17/h6-7,10-12,15-16,18H,4-5,8-9,13-14H2,1-3H3,(H,26,35)(H,27,32)(H,28,33)(H,29,34). The number of furan rings is 1. The van der Waals surface area contributed by atoms with E-state index in [1.165, 1.54) is 44.0 Å². The molecule has 1 atom stereocenters. The second-order valence-corrected chi connectivity index (χ2v) is 8.41. The van der Waals surface area contributed by atoms with Crippen LogP contribution in [-0.2, 0) is 25.7 Å². The zero-order chi connectivity index (χ0) is 27.4. The monoisotopic (exact) mass is 515 g/mol. The molecule has 0 aliphatic rings. The lowest BCUT2D eigenvalue weighted by Crippen LogP contribution is -2.45. The fraction of sp³-hybridized carbons (Fsp3) is 0.440. The molecular weight excluding hydrogens is 482 g/mol. The topological polar surface area (TPSA) is 169 Å². The molecule has 2 rings (SSSR count). The number of ketones is 1. The van der Waals surface area contributed by atoms with Crippen molar-refractivity contribution in [2.75, 3.05) is 18.9 Å². The molecular formula is C25H33N5O7. The Morgan fingerprint density at radius 2 is 1.81 bits per heavy atom. The molecule has 0 aromatic carbocycles. The Labute approximate surface area is 214 Å². The van der Waals surface area contributed by atoms with Crippen molar-refractivity contribution in [2.45, 2.75) is 52.1 Å². The molecule has 4 amide bonds. The highest BCUT2D eigenvalue weighted by atomic mass is 16.3. The van der Waals surface area contributed by atoms with E-state index in [-0.39, 0.29) is 36.5 Å². The van der Waals surface area contributed by atoms with Crippen molar-refractivity contribution in [2.24, 2.45) is 5.92 Å². The summed E-state index contributed by atoms with van der Waals surface area (Å²) in [5, 5.41) is 9.96. The zero-order valence-electron chi connectivity index (χ0n) is 21.2. The highest BCUT2D eigenvalue weighted by molar-refractivity contribution is 6.36. The minimum Gasteiger partial charge on any atom is -0.472 e. The van der Waals surface area contributed by atoms with Gasteiger partial charge in [-0.3, -0.25) is 28.8 Å². The third-order valence-electron chi connectivity index (χ3n) is 5.88. The minimum atomic E-state index is -1.24. The molecule has 2 aromatic heterocycles. The molecule has 4 N–H and O–H groups in total. The quantitative estimate of drug-likeness (QED) is 0.270. The molecule has 1 unspecified atom stereocenters. The number of hydrogen-bond donors (Lipinski definition) is 4. The highest BCUT2D eigenvalue weighted by Gasteiger charge is 2.25. The Bertz CT molecular complexity index is 1150. The van der Waals surface area contributed by atoms with Gasteiger partial charge in [-0.1, -0.05) is 26.7 Å². The number of anilines is 1. The molecule has 0 spiro atoms. The molecule has 0 bridgehead atoms. The van der Waals surface area contributed by atoms with Crippen LogP contribution in [0.4, 0.5) is 5.69 Å². The van der Waals surface area contributed by atoms with Crippen molar-refractivity contribution in [1.82, 2.24) is 20.5 Å². The van der Waals surface area contributed by atoms with Crippen LogP contribution in [0, 0.1) is 5.92 Å². The van der Waals surface area contributed by atoms with E-state index in [1.54, 1.807) is 0 Å². The molecule has 0 radical (unpaired) electrons. The van der Waals surface area contributed by atoms with Crippen LogP contribution in [0.5, 0.6) is 0 Å². The van der Waals surface area contributed by atoms with Crippen LogP contribution in [-0.4, -0.2) is 53.6 Å². The summed E-state index contributed by atoms with van der Waals surface area (Å²) in [4.78, 5) is 74.2. The minimum absolute atomic E-state index is 0.111. The van der Waals surface area contributed by atoms with Gasteiger partial charge in [0.05, 0.1) is 11.8 Å². The summed E-state index contributed by atoms with van der Waals surface area (Å²) in [6.07, 6.45) is 5.22. The van der Waals surface area contributed by atoms with E-state index in [1.807, 2.05) is 13.8 Å². The molecule has 37 heavy (non-hydrogen) atoms. The van der Waals surface area contributed by atoms with E-state index >= 15 is 0 Å². The van der Waals surface area contributed by atoms with Crippen LogP contribution in [0.15, 0.2) is 46.1 Å². The molecule has 0 saturated carbocycles. The van der Waals surface area contributed by atoms with Gasteiger partial charge in [0.2, 0.25) is 17.6 Å². The molecule has 200 valence electrons. The number of Topliss-reactive ketones (excluding diaryl/α,β-unsaturated/α-hetero) is 1. The van der Waals surface area contributed by atoms with Gasteiger partial charge in [0.25, 0.3) is 17.4 Å². The van der Waals surface area contributed by atoms with Crippen molar-refractivity contribution in [3.8, 4) is 0 Å². The van der Waals surface area contributed by atoms with Crippen LogP contribution >= 0.6 is 0 Å². The number of aromatic nitrogens is 1. The van der Waals surface area contributed by atoms with E-state index in [0.717, 1.165) is 17.4 Å². The number of rotatable bonds is 14. The lowest BCUT2D eigenvalue weighted by molar-refractivity contribution is -0.137. The lowest BCUT2D eigenvalue weighted by Gasteiger charge is -2.18. The maximum atomic E-state index is 13.0. The summed E-state index contributed by atoms with van der Waals surface area (Å²) < 4.78 is 6.03. The number of nitrogens with zero attached hydrogens (tertiary/aromatic N) is 1. The number of carbonyl (C=O) groups is 5. The van der Waals surface area contributed by atoms with Gasteiger partial charge < -0.3 is 30.3 Å². The molecule has 0 fully saturated rings. The Morgan fingerprint density at radius 3 is 2.43 bits per heavy atom. The SMILES string of the molecule is CCC(CC)CNC(=O)Cn1cccc(NC(=O)C(CCC(=O)C(=O)NC)NC(=O)c2ccoc2)c1=O. The van der Waals surface area contributed by atoms with E-state index in [9.17, 15) is 28.8 Å². The first-order chi connectivity index (χ1) is 17.7. The molecule has 12 nitrogen and oxygen atoms in total. The van der Waals surface area contributed by atoms with Gasteiger partial charge in [0.15, 0.2) is 0 Å². The van der Waals surface area contributed by atoms with Gasteiger partial charge in [-0.2, -0.15) is 0 Å². The van der Waals surface area contributed by atoms with Crippen molar-refractivity contribution in [1.29, 1.82) is 0 Å².